The van der Waals surface area contributed by atoms with Crippen LogP contribution in [0.4, 0.5) is 0 Å². The number of aliphatic hydroxyl groups excluding tert-OH is 1. The van der Waals surface area contributed by atoms with Crippen molar-refractivity contribution < 1.29 is 5.11 Å². The van der Waals surface area contributed by atoms with E-state index in [9.17, 15) is 5.11 Å². The van der Waals surface area contributed by atoms with E-state index < -0.39 is 0 Å². The van der Waals surface area contributed by atoms with Gasteiger partial charge in [-0.2, -0.15) is 0 Å². The Balaban J connectivity index is 2.01. The second-order valence-electron chi connectivity index (χ2n) is 4.16. The number of likely N-dealkylation sites (tertiary alicyclic amines) is 1. The summed E-state index contributed by atoms with van der Waals surface area (Å²) in [4.78, 5) is 6.37. The molecule has 0 aromatic carbocycles. The zero-order valence-corrected chi connectivity index (χ0v) is 8.72. The van der Waals surface area contributed by atoms with Crippen molar-refractivity contribution in [2.24, 2.45) is 7.05 Å². The number of β-amino-alcohol motifs (C(OH)–C–C–N with tert-alkyl or cyclic N) is 1. The summed E-state index contributed by atoms with van der Waals surface area (Å²) >= 11 is 0. The molecule has 1 aromatic rings. The van der Waals surface area contributed by atoms with Crippen molar-refractivity contribution >= 4 is 0 Å². The Kier molecular flexibility index (Phi) is 2.56. The summed E-state index contributed by atoms with van der Waals surface area (Å²) in [5, 5.41) is 9.50. The molecule has 4 heteroatoms. The Morgan fingerprint density at radius 2 is 2.43 bits per heavy atom. The minimum Gasteiger partial charge on any atom is -0.392 e. The normalized spacial score (nSPS) is 28.5. The molecule has 1 saturated heterocycles. The fourth-order valence-electron chi connectivity index (χ4n) is 2.03. The van der Waals surface area contributed by atoms with Crippen molar-refractivity contribution in [1.29, 1.82) is 0 Å². The first-order valence-corrected chi connectivity index (χ1v) is 5.04. The summed E-state index contributed by atoms with van der Waals surface area (Å²) < 4.78 is 2.03. The molecule has 14 heavy (non-hydrogen) atoms. The summed E-state index contributed by atoms with van der Waals surface area (Å²) in [6, 6.07) is 0.472. The third-order valence-corrected chi connectivity index (χ3v) is 2.96. The highest BCUT2D eigenvalue weighted by Crippen LogP contribution is 2.19. The standard InChI is InChI=1S/C10H17N3O/c1-8-3-10(14)6-13(8)5-9-4-11-7-12(9)2/h4,7-8,10,14H,3,5-6H2,1-2H3. The first-order chi connectivity index (χ1) is 6.66. The Labute approximate surface area is 84.2 Å². The topological polar surface area (TPSA) is 41.3 Å². The lowest BCUT2D eigenvalue weighted by atomic mass is 10.2. The van der Waals surface area contributed by atoms with Gasteiger partial charge in [-0.25, -0.2) is 4.98 Å². The lowest BCUT2D eigenvalue weighted by molar-refractivity contribution is 0.172. The van der Waals surface area contributed by atoms with E-state index in [0.29, 0.717) is 6.04 Å². The van der Waals surface area contributed by atoms with Crippen LogP contribution in [-0.4, -0.2) is 38.2 Å². The minimum absolute atomic E-state index is 0.154. The number of hydrogen-bond donors (Lipinski definition) is 1. The number of aryl methyl sites for hydroxylation is 1. The van der Waals surface area contributed by atoms with Gasteiger partial charge in [0.1, 0.15) is 0 Å². The molecule has 0 radical (unpaired) electrons. The first-order valence-electron chi connectivity index (χ1n) is 5.04. The fraction of sp³-hybridized carbons (Fsp3) is 0.700. The smallest absolute Gasteiger partial charge is 0.0945 e. The predicted octanol–water partition coefficient (Wildman–Crippen LogP) is 0.375. The molecule has 1 N–H and O–H groups in total. The number of aromatic nitrogens is 2. The average molecular weight is 195 g/mol. The van der Waals surface area contributed by atoms with E-state index in [2.05, 4.69) is 16.8 Å². The van der Waals surface area contributed by atoms with Crippen molar-refractivity contribution in [2.45, 2.75) is 32.0 Å². The van der Waals surface area contributed by atoms with Crippen molar-refractivity contribution in [3.05, 3.63) is 18.2 Å². The van der Waals surface area contributed by atoms with Crippen LogP contribution in [0.1, 0.15) is 19.0 Å². The maximum atomic E-state index is 9.50. The molecule has 2 atom stereocenters. The molecule has 0 amide bonds. The highest BCUT2D eigenvalue weighted by Gasteiger charge is 2.27. The Morgan fingerprint density at radius 3 is 2.93 bits per heavy atom. The molecule has 2 unspecified atom stereocenters. The van der Waals surface area contributed by atoms with Gasteiger partial charge in [0.05, 0.1) is 18.1 Å². The van der Waals surface area contributed by atoms with Crippen LogP contribution in [0.3, 0.4) is 0 Å². The second-order valence-corrected chi connectivity index (χ2v) is 4.16. The monoisotopic (exact) mass is 195 g/mol. The number of aliphatic hydroxyl groups is 1. The third kappa shape index (κ3) is 1.81. The minimum atomic E-state index is -0.154. The van der Waals surface area contributed by atoms with Gasteiger partial charge < -0.3 is 9.67 Å². The van der Waals surface area contributed by atoms with E-state index >= 15 is 0 Å². The lowest BCUT2D eigenvalue weighted by Gasteiger charge is -2.20. The van der Waals surface area contributed by atoms with E-state index in [-0.39, 0.29) is 6.10 Å². The summed E-state index contributed by atoms with van der Waals surface area (Å²) in [6.07, 6.45) is 4.43. The van der Waals surface area contributed by atoms with E-state index in [1.807, 2.05) is 24.1 Å². The molecule has 4 nitrogen and oxygen atoms in total. The van der Waals surface area contributed by atoms with Gasteiger partial charge >= 0.3 is 0 Å². The van der Waals surface area contributed by atoms with Crippen LogP contribution >= 0.6 is 0 Å². The van der Waals surface area contributed by atoms with Gasteiger partial charge in [-0.15, -0.1) is 0 Å². The molecular formula is C10H17N3O. The Morgan fingerprint density at radius 1 is 1.64 bits per heavy atom. The number of nitrogens with zero attached hydrogens (tertiary/aromatic N) is 3. The molecule has 0 aliphatic carbocycles. The van der Waals surface area contributed by atoms with Crippen LogP contribution in [0.5, 0.6) is 0 Å². The molecule has 0 saturated carbocycles. The summed E-state index contributed by atoms with van der Waals surface area (Å²) in [6.45, 7) is 3.83. The van der Waals surface area contributed by atoms with Crippen molar-refractivity contribution in [3.63, 3.8) is 0 Å². The molecule has 1 aromatic heterocycles. The molecule has 2 rings (SSSR count). The van der Waals surface area contributed by atoms with Crippen LogP contribution in [0.15, 0.2) is 12.5 Å². The Bertz CT molecular complexity index is 310. The van der Waals surface area contributed by atoms with Crippen LogP contribution in [0.2, 0.25) is 0 Å². The molecule has 0 spiro atoms. The van der Waals surface area contributed by atoms with Crippen LogP contribution < -0.4 is 0 Å². The SMILES string of the molecule is CC1CC(O)CN1Cc1cncn1C. The van der Waals surface area contributed by atoms with E-state index in [0.717, 1.165) is 19.5 Å². The quantitative estimate of drug-likeness (QED) is 0.741. The van der Waals surface area contributed by atoms with Crippen LogP contribution in [0.25, 0.3) is 0 Å². The van der Waals surface area contributed by atoms with Gasteiger partial charge in [-0.05, 0) is 13.3 Å². The molecule has 1 aliphatic rings. The van der Waals surface area contributed by atoms with E-state index in [1.54, 1.807) is 0 Å². The molecule has 2 heterocycles. The summed E-state index contributed by atoms with van der Waals surface area (Å²) in [5.41, 5.74) is 1.20. The largest absolute Gasteiger partial charge is 0.392 e. The maximum absolute atomic E-state index is 9.50. The molecule has 78 valence electrons. The predicted molar refractivity (Wildman–Crippen MR) is 53.7 cm³/mol. The van der Waals surface area contributed by atoms with Gasteiger partial charge in [0.15, 0.2) is 0 Å². The number of hydrogen-bond acceptors (Lipinski definition) is 3. The van der Waals surface area contributed by atoms with Gasteiger partial charge in [0.25, 0.3) is 0 Å². The van der Waals surface area contributed by atoms with E-state index in [1.165, 1.54) is 5.69 Å². The third-order valence-electron chi connectivity index (χ3n) is 2.96. The van der Waals surface area contributed by atoms with Gasteiger partial charge in [-0.3, -0.25) is 4.90 Å². The van der Waals surface area contributed by atoms with Crippen molar-refractivity contribution in [2.75, 3.05) is 6.54 Å². The summed E-state index contributed by atoms with van der Waals surface area (Å²) in [7, 11) is 2.00. The first kappa shape index (κ1) is 9.68. The van der Waals surface area contributed by atoms with Crippen molar-refractivity contribution in [3.8, 4) is 0 Å². The average Bonchev–Trinajstić information content (AvgIpc) is 2.62. The number of imidazole rings is 1. The zero-order chi connectivity index (χ0) is 10.1. The molecule has 0 bridgehead atoms. The van der Waals surface area contributed by atoms with E-state index in [4.69, 9.17) is 0 Å². The summed E-state index contributed by atoms with van der Waals surface area (Å²) in [5.74, 6) is 0. The zero-order valence-electron chi connectivity index (χ0n) is 8.72. The highest BCUT2D eigenvalue weighted by atomic mass is 16.3. The van der Waals surface area contributed by atoms with Crippen LogP contribution in [0, 0.1) is 0 Å². The fourth-order valence-corrected chi connectivity index (χ4v) is 2.03. The van der Waals surface area contributed by atoms with Gasteiger partial charge in [0, 0.05) is 32.4 Å². The lowest BCUT2D eigenvalue weighted by Crippen LogP contribution is -2.27. The highest BCUT2D eigenvalue weighted by molar-refractivity contribution is 4.99. The Hall–Kier alpha value is -0.870. The van der Waals surface area contributed by atoms with Gasteiger partial charge in [0.2, 0.25) is 0 Å². The molecule has 1 fully saturated rings. The molecule has 1 aliphatic heterocycles. The maximum Gasteiger partial charge on any atom is 0.0945 e. The second kappa shape index (κ2) is 3.71. The molecular weight excluding hydrogens is 178 g/mol. The van der Waals surface area contributed by atoms with Gasteiger partial charge in [-0.1, -0.05) is 0 Å². The van der Waals surface area contributed by atoms with Crippen LogP contribution in [-0.2, 0) is 13.6 Å². The van der Waals surface area contributed by atoms with Crippen molar-refractivity contribution in [1.82, 2.24) is 14.5 Å². The number of rotatable bonds is 2.